The fraction of sp³-hybridized carbons (Fsp3) is 0.308. The zero-order valence-electron chi connectivity index (χ0n) is 10.5. The first-order chi connectivity index (χ1) is 9.10. The van der Waals surface area contributed by atoms with Gasteiger partial charge in [-0.1, -0.05) is 17.4 Å². The lowest BCUT2D eigenvalue weighted by Gasteiger charge is -2.06. The van der Waals surface area contributed by atoms with Crippen LogP contribution in [0.15, 0.2) is 23.0 Å². The molecule has 2 aromatic rings. The Morgan fingerprint density at radius 2 is 2.11 bits per heavy atom. The second-order valence-electron chi connectivity index (χ2n) is 4.15. The molecule has 1 aromatic heterocycles. The molecule has 0 saturated heterocycles. The molecule has 1 heterocycles. The quantitative estimate of drug-likeness (QED) is 0.783. The Morgan fingerprint density at radius 1 is 1.32 bits per heavy atom. The second-order valence-corrected chi connectivity index (χ2v) is 5.21. The molecule has 0 unspecified atom stereocenters. The third kappa shape index (κ3) is 3.29. The summed E-state index contributed by atoms with van der Waals surface area (Å²) < 4.78 is 5.04. The minimum Gasteiger partial charge on any atom is -0.504 e. The lowest BCUT2D eigenvalue weighted by Crippen LogP contribution is -1.91. The van der Waals surface area contributed by atoms with Crippen molar-refractivity contribution in [3.63, 3.8) is 0 Å². The Bertz CT molecular complexity index is 617. The summed E-state index contributed by atoms with van der Waals surface area (Å²) in [7, 11) is 1.51. The molecule has 3 N–H and O–H groups in total. The maximum absolute atomic E-state index is 11.0. The minimum absolute atomic E-state index is 0.0294. The first-order valence-corrected chi connectivity index (χ1v) is 6.68. The van der Waals surface area contributed by atoms with Crippen molar-refractivity contribution in [2.24, 2.45) is 0 Å². The zero-order valence-corrected chi connectivity index (χ0v) is 11.3. The van der Waals surface area contributed by atoms with Crippen LogP contribution >= 0.6 is 11.3 Å². The summed E-state index contributed by atoms with van der Waals surface area (Å²) in [5.74, 6) is 0.540. The van der Waals surface area contributed by atoms with E-state index in [-0.39, 0.29) is 16.5 Å². The number of nitrogens with one attached hydrogen (secondary N) is 1. The van der Waals surface area contributed by atoms with E-state index in [2.05, 4.69) is 4.98 Å². The van der Waals surface area contributed by atoms with Crippen LogP contribution in [0.2, 0.25) is 0 Å². The summed E-state index contributed by atoms with van der Waals surface area (Å²) in [6.45, 7) is 0. The number of phenolic OH excluding ortho intramolecular Hbond substituents is 1. The molecule has 19 heavy (non-hydrogen) atoms. The van der Waals surface area contributed by atoms with Crippen molar-refractivity contribution in [2.75, 3.05) is 7.11 Å². The van der Waals surface area contributed by atoms with Crippen LogP contribution in [0.5, 0.6) is 17.4 Å². The number of hydrogen-bond acceptors (Lipinski definition) is 5. The zero-order chi connectivity index (χ0) is 13.8. The summed E-state index contributed by atoms with van der Waals surface area (Å²) in [4.78, 5) is 13.8. The number of rotatable bonds is 5. The van der Waals surface area contributed by atoms with Gasteiger partial charge in [-0.3, -0.25) is 9.78 Å². The van der Waals surface area contributed by atoms with Crippen molar-refractivity contribution >= 4 is 11.3 Å². The van der Waals surface area contributed by atoms with Crippen LogP contribution in [-0.2, 0) is 12.8 Å². The Hall–Kier alpha value is -1.95. The lowest BCUT2D eigenvalue weighted by atomic mass is 10.1. The van der Waals surface area contributed by atoms with Crippen molar-refractivity contribution in [3.05, 3.63) is 38.3 Å². The molecule has 0 bridgehead atoms. The molecule has 102 valence electrons. The van der Waals surface area contributed by atoms with E-state index in [1.165, 1.54) is 7.11 Å². The molecule has 2 rings (SSSR count). The molecule has 0 spiro atoms. The van der Waals surface area contributed by atoms with Crippen LogP contribution in [0, 0.1) is 0 Å². The van der Waals surface area contributed by atoms with Gasteiger partial charge in [0.2, 0.25) is 5.88 Å². The van der Waals surface area contributed by atoms with E-state index in [1.807, 2.05) is 6.07 Å². The highest BCUT2D eigenvalue weighted by Gasteiger charge is 2.07. The normalized spacial score (nSPS) is 10.6. The van der Waals surface area contributed by atoms with E-state index in [0.29, 0.717) is 17.0 Å². The van der Waals surface area contributed by atoms with Gasteiger partial charge in [0.15, 0.2) is 11.5 Å². The fourth-order valence-corrected chi connectivity index (χ4v) is 2.62. The summed E-state index contributed by atoms with van der Waals surface area (Å²) in [5, 5.41) is 18.9. The summed E-state index contributed by atoms with van der Waals surface area (Å²) in [6, 6.07) is 5.21. The van der Waals surface area contributed by atoms with Crippen molar-refractivity contribution in [1.29, 1.82) is 0 Å². The third-order valence-electron chi connectivity index (χ3n) is 2.81. The van der Waals surface area contributed by atoms with E-state index >= 15 is 0 Å². The Labute approximate surface area is 114 Å². The van der Waals surface area contributed by atoms with Gasteiger partial charge >= 0.3 is 4.87 Å². The summed E-state index contributed by atoms with van der Waals surface area (Å²) in [5.41, 5.74) is 1.04. The molecule has 6 heteroatoms. The highest BCUT2D eigenvalue weighted by atomic mass is 32.1. The molecule has 5 nitrogen and oxygen atoms in total. The number of aromatic amines is 1. The minimum atomic E-state index is -0.237. The predicted molar refractivity (Wildman–Crippen MR) is 73.3 cm³/mol. The van der Waals surface area contributed by atoms with Crippen molar-refractivity contribution in [3.8, 4) is 17.4 Å². The number of aromatic nitrogens is 1. The van der Waals surface area contributed by atoms with Gasteiger partial charge < -0.3 is 14.9 Å². The summed E-state index contributed by atoms with van der Waals surface area (Å²) in [6.07, 6.45) is 2.22. The van der Waals surface area contributed by atoms with E-state index in [4.69, 9.17) is 4.74 Å². The van der Waals surface area contributed by atoms with Gasteiger partial charge in [-0.05, 0) is 37.0 Å². The van der Waals surface area contributed by atoms with Gasteiger partial charge in [-0.25, -0.2) is 0 Å². The van der Waals surface area contributed by atoms with Gasteiger partial charge in [0.25, 0.3) is 0 Å². The Kier molecular flexibility index (Phi) is 4.11. The maximum Gasteiger partial charge on any atom is 0.307 e. The lowest BCUT2D eigenvalue weighted by molar-refractivity contribution is 0.373. The van der Waals surface area contributed by atoms with Gasteiger partial charge in [-0.15, -0.1) is 0 Å². The highest BCUT2D eigenvalue weighted by Crippen LogP contribution is 2.27. The topological polar surface area (TPSA) is 82.6 Å². The van der Waals surface area contributed by atoms with E-state index in [9.17, 15) is 15.0 Å². The number of H-pyrrole nitrogens is 1. The monoisotopic (exact) mass is 281 g/mol. The Morgan fingerprint density at radius 3 is 2.74 bits per heavy atom. The van der Waals surface area contributed by atoms with Crippen LogP contribution < -0.4 is 9.61 Å². The SMILES string of the molecule is COc1cc(CCCc2sc(=O)[nH]c2O)ccc1O. The molecule has 0 saturated carbocycles. The smallest absolute Gasteiger partial charge is 0.307 e. The predicted octanol–water partition coefficient (Wildman–Crippen LogP) is 2.03. The van der Waals surface area contributed by atoms with Crippen LogP contribution in [0.1, 0.15) is 16.9 Å². The first kappa shape index (κ1) is 13.5. The number of benzene rings is 1. The number of phenols is 1. The van der Waals surface area contributed by atoms with Gasteiger partial charge in [0, 0.05) is 0 Å². The number of thiazole rings is 1. The summed E-state index contributed by atoms with van der Waals surface area (Å²) >= 11 is 1.03. The third-order valence-corrected chi connectivity index (χ3v) is 3.75. The van der Waals surface area contributed by atoms with Crippen LogP contribution in [-0.4, -0.2) is 22.3 Å². The molecular weight excluding hydrogens is 266 g/mol. The van der Waals surface area contributed by atoms with Crippen molar-refractivity contribution in [1.82, 2.24) is 4.98 Å². The molecule has 0 radical (unpaired) electrons. The second kappa shape index (κ2) is 5.79. The van der Waals surface area contributed by atoms with Crippen LogP contribution in [0.25, 0.3) is 0 Å². The molecule has 0 atom stereocenters. The molecular formula is C13H15NO4S. The molecule has 1 aromatic carbocycles. The molecule has 0 aliphatic heterocycles. The van der Waals surface area contributed by atoms with E-state index < -0.39 is 0 Å². The van der Waals surface area contributed by atoms with Gasteiger partial charge in [0.05, 0.1) is 12.0 Å². The average Bonchev–Trinajstić information content (AvgIpc) is 2.70. The van der Waals surface area contributed by atoms with Crippen molar-refractivity contribution < 1.29 is 14.9 Å². The maximum atomic E-state index is 11.0. The van der Waals surface area contributed by atoms with Crippen LogP contribution in [0.3, 0.4) is 0 Å². The van der Waals surface area contributed by atoms with Crippen LogP contribution in [0.4, 0.5) is 0 Å². The first-order valence-electron chi connectivity index (χ1n) is 5.87. The number of aryl methyl sites for hydroxylation is 2. The highest BCUT2D eigenvalue weighted by molar-refractivity contribution is 7.09. The largest absolute Gasteiger partial charge is 0.504 e. The Balaban J connectivity index is 1.96. The van der Waals surface area contributed by atoms with E-state index in [0.717, 1.165) is 29.7 Å². The van der Waals surface area contributed by atoms with Crippen molar-refractivity contribution in [2.45, 2.75) is 19.3 Å². The standard InChI is InChI=1S/C13H15NO4S/c1-18-10-7-8(5-6-9(10)15)3-2-4-11-12(16)14-13(17)19-11/h5-7,15-16H,2-4H2,1H3,(H,14,17). The average molecular weight is 281 g/mol. The van der Waals surface area contributed by atoms with Gasteiger partial charge in [-0.2, -0.15) is 0 Å². The molecule has 0 amide bonds. The number of methoxy groups -OCH3 is 1. The number of hydrogen-bond donors (Lipinski definition) is 3. The van der Waals surface area contributed by atoms with E-state index in [1.54, 1.807) is 12.1 Å². The molecule has 0 aliphatic rings. The number of aromatic hydroxyl groups is 2. The molecule has 0 aliphatic carbocycles. The number of ether oxygens (including phenoxy) is 1. The van der Waals surface area contributed by atoms with Gasteiger partial charge in [0.1, 0.15) is 0 Å². The molecule has 0 fully saturated rings. The fourth-order valence-electron chi connectivity index (χ4n) is 1.85.